The van der Waals surface area contributed by atoms with Gasteiger partial charge in [0.15, 0.2) is 0 Å². The standard InChI is InChI=1S/C19H24N4O2/c1-14-12-23(13-15(2)25-14)18-8-4-3-7-17(18)22-19(24)21-11-16-6-5-9-20-10-16/h3-10,14-15H,11-13H2,1-2H3,(H2,21,22,24). The number of hydrogen-bond donors (Lipinski definition) is 2. The molecular formula is C19H24N4O2. The molecule has 1 aliphatic rings. The average molecular weight is 340 g/mol. The van der Waals surface area contributed by atoms with Gasteiger partial charge < -0.3 is 20.3 Å². The third kappa shape index (κ3) is 4.70. The summed E-state index contributed by atoms with van der Waals surface area (Å²) >= 11 is 0. The second-order valence-corrected chi connectivity index (χ2v) is 6.35. The molecule has 25 heavy (non-hydrogen) atoms. The number of benzene rings is 1. The topological polar surface area (TPSA) is 66.5 Å². The summed E-state index contributed by atoms with van der Waals surface area (Å²) < 4.78 is 5.80. The second-order valence-electron chi connectivity index (χ2n) is 6.35. The maximum atomic E-state index is 12.3. The number of rotatable bonds is 4. The molecule has 0 spiro atoms. The molecule has 2 amide bonds. The average Bonchev–Trinajstić information content (AvgIpc) is 2.60. The van der Waals surface area contributed by atoms with Crippen LogP contribution in [0, 0.1) is 0 Å². The normalized spacial score (nSPS) is 20.2. The molecule has 1 saturated heterocycles. The van der Waals surface area contributed by atoms with Crippen LogP contribution in [-0.2, 0) is 11.3 Å². The van der Waals surface area contributed by atoms with E-state index >= 15 is 0 Å². The first kappa shape index (κ1) is 17.2. The first-order valence-corrected chi connectivity index (χ1v) is 8.55. The molecule has 6 nitrogen and oxygen atoms in total. The number of pyridine rings is 1. The van der Waals surface area contributed by atoms with Gasteiger partial charge in [-0.05, 0) is 37.6 Å². The second kappa shape index (κ2) is 7.98. The molecule has 3 rings (SSSR count). The van der Waals surface area contributed by atoms with Crippen LogP contribution in [0.5, 0.6) is 0 Å². The van der Waals surface area contributed by atoms with Crippen molar-refractivity contribution in [2.45, 2.75) is 32.6 Å². The summed E-state index contributed by atoms with van der Waals surface area (Å²) in [6, 6.07) is 11.4. The predicted molar refractivity (Wildman–Crippen MR) is 98.8 cm³/mol. The van der Waals surface area contributed by atoms with Crippen LogP contribution in [0.2, 0.25) is 0 Å². The first-order chi connectivity index (χ1) is 12.1. The highest BCUT2D eigenvalue weighted by molar-refractivity contribution is 5.93. The molecule has 6 heteroatoms. The molecule has 1 aromatic carbocycles. The van der Waals surface area contributed by atoms with Crippen molar-refractivity contribution < 1.29 is 9.53 Å². The van der Waals surface area contributed by atoms with E-state index in [1.165, 1.54) is 0 Å². The molecule has 1 aromatic heterocycles. The van der Waals surface area contributed by atoms with E-state index in [4.69, 9.17) is 4.74 Å². The maximum absolute atomic E-state index is 12.3. The number of aromatic nitrogens is 1. The van der Waals surface area contributed by atoms with Crippen LogP contribution >= 0.6 is 0 Å². The Bertz CT molecular complexity index is 698. The van der Waals surface area contributed by atoms with Gasteiger partial charge >= 0.3 is 6.03 Å². The van der Waals surface area contributed by atoms with Crippen molar-refractivity contribution in [2.75, 3.05) is 23.3 Å². The Hall–Kier alpha value is -2.60. The van der Waals surface area contributed by atoms with Gasteiger partial charge in [0.05, 0.1) is 23.6 Å². The molecule has 132 valence electrons. The first-order valence-electron chi connectivity index (χ1n) is 8.55. The molecule has 2 aromatic rings. The van der Waals surface area contributed by atoms with Crippen molar-refractivity contribution in [1.82, 2.24) is 10.3 Å². The highest BCUT2D eigenvalue weighted by atomic mass is 16.5. The van der Waals surface area contributed by atoms with Crippen LogP contribution in [0.4, 0.5) is 16.2 Å². The number of anilines is 2. The van der Waals surface area contributed by atoms with Gasteiger partial charge in [0.2, 0.25) is 0 Å². The van der Waals surface area contributed by atoms with Crippen molar-refractivity contribution in [3.63, 3.8) is 0 Å². The Morgan fingerprint density at radius 3 is 2.68 bits per heavy atom. The van der Waals surface area contributed by atoms with Gasteiger partial charge in [-0.3, -0.25) is 4.98 Å². The highest BCUT2D eigenvalue weighted by Gasteiger charge is 2.24. The zero-order chi connectivity index (χ0) is 17.6. The Morgan fingerprint density at radius 2 is 1.96 bits per heavy atom. The minimum atomic E-state index is -0.231. The van der Waals surface area contributed by atoms with E-state index in [1.54, 1.807) is 12.4 Å². The Balaban J connectivity index is 1.65. The third-order valence-corrected chi connectivity index (χ3v) is 4.09. The van der Waals surface area contributed by atoms with E-state index in [2.05, 4.69) is 34.4 Å². The van der Waals surface area contributed by atoms with E-state index in [-0.39, 0.29) is 18.2 Å². The summed E-state index contributed by atoms with van der Waals surface area (Å²) in [5.74, 6) is 0. The van der Waals surface area contributed by atoms with Crippen LogP contribution in [0.3, 0.4) is 0 Å². The zero-order valence-electron chi connectivity index (χ0n) is 14.6. The summed E-state index contributed by atoms with van der Waals surface area (Å²) in [6.45, 7) is 6.19. The minimum absolute atomic E-state index is 0.163. The summed E-state index contributed by atoms with van der Waals surface area (Å²) in [5.41, 5.74) is 2.77. The fraction of sp³-hybridized carbons (Fsp3) is 0.368. The largest absolute Gasteiger partial charge is 0.372 e. The van der Waals surface area contributed by atoms with E-state index < -0.39 is 0 Å². The monoisotopic (exact) mass is 340 g/mol. The third-order valence-electron chi connectivity index (χ3n) is 4.09. The molecular weight excluding hydrogens is 316 g/mol. The highest BCUT2D eigenvalue weighted by Crippen LogP contribution is 2.28. The maximum Gasteiger partial charge on any atom is 0.319 e. The number of ether oxygens (including phenoxy) is 1. The SMILES string of the molecule is CC1CN(c2ccccc2NC(=O)NCc2cccnc2)CC(C)O1. The van der Waals surface area contributed by atoms with Gasteiger partial charge in [0, 0.05) is 32.0 Å². The molecule has 2 unspecified atom stereocenters. The smallest absolute Gasteiger partial charge is 0.319 e. The number of para-hydroxylation sites is 2. The van der Waals surface area contributed by atoms with E-state index in [1.807, 2.05) is 36.4 Å². The summed E-state index contributed by atoms with van der Waals surface area (Å²) in [6.07, 6.45) is 3.78. The number of carbonyl (C=O) groups excluding carboxylic acids is 1. The van der Waals surface area contributed by atoms with Crippen LogP contribution in [0.1, 0.15) is 19.4 Å². The van der Waals surface area contributed by atoms with Crippen molar-refractivity contribution in [3.05, 3.63) is 54.4 Å². The zero-order valence-corrected chi connectivity index (χ0v) is 14.6. The molecule has 1 aliphatic heterocycles. The van der Waals surface area contributed by atoms with Crippen LogP contribution in [0.25, 0.3) is 0 Å². The molecule has 0 aliphatic carbocycles. The minimum Gasteiger partial charge on any atom is -0.372 e. The van der Waals surface area contributed by atoms with Gasteiger partial charge in [-0.25, -0.2) is 4.79 Å². The quantitative estimate of drug-likeness (QED) is 0.898. The summed E-state index contributed by atoms with van der Waals surface area (Å²) in [7, 11) is 0. The molecule has 0 bridgehead atoms. The number of morpholine rings is 1. The van der Waals surface area contributed by atoms with Crippen LogP contribution < -0.4 is 15.5 Å². The Morgan fingerprint density at radius 1 is 1.20 bits per heavy atom. The van der Waals surface area contributed by atoms with Gasteiger partial charge in [-0.2, -0.15) is 0 Å². The summed E-state index contributed by atoms with van der Waals surface area (Å²) in [5, 5.41) is 5.82. The van der Waals surface area contributed by atoms with E-state index in [9.17, 15) is 4.79 Å². The molecule has 1 fully saturated rings. The predicted octanol–water partition coefficient (Wildman–Crippen LogP) is 3.02. The van der Waals surface area contributed by atoms with E-state index in [0.717, 1.165) is 30.0 Å². The van der Waals surface area contributed by atoms with Crippen molar-refractivity contribution in [2.24, 2.45) is 0 Å². The lowest BCUT2D eigenvalue weighted by molar-refractivity contribution is -0.00517. The number of urea groups is 1. The lowest BCUT2D eigenvalue weighted by Gasteiger charge is -2.37. The Labute approximate surface area is 148 Å². The number of carbonyl (C=O) groups is 1. The van der Waals surface area contributed by atoms with Crippen molar-refractivity contribution in [3.8, 4) is 0 Å². The lowest BCUT2D eigenvalue weighted by Crippen LogP contribution is -2.45. The molecule has 2 atom stereocenters. The fourth-order valence-electron chi connectivity index (χ4n) is 3.08. The fourth-order valence-corrected chi connectivity index (χ4v) is 3.08. The molecule has 0 radical (unpaired) electrons. The molecule has 2 heterocycles. The van der Waals surface area contributed by atoms with Gasteiger partial charge in [-0.15, -0.1) is 0 Å². The van der Waals surface area contributed by atoms with Gasteiger partial charge in [-0.1, -0.05) is 18.2 Å². The Kier molecular flexibility index (Phi) is 5.50. The number of nitrogens with zero attached hydrogens (tertiary/aromatic N) is 2. The van der Waals surface area contributed by atoms with Gasteiger partial charge in [0.1, 0.15) is 0 Å². The lowest BCUT2D eigenvalue weighted by atomic mass is 10.1. The number of hydrogen-bond acceptors (Lipinski definition) is 4. The molecule has 2 N–H and O–H groups in total. The molecule has 0 saturated carbocycles. The van der Waals surface area contributed by atoms with Crippen molar-refractivity contribution >= 4 is 17.4 Å². The van der Waals surface area contributed by atoms with Crippen molar-refractivity contribution in [1.29, 1.82) is 0 Å². The van der Waals surface area contributed by atoms with Gasteiger partial charge in [0.25, 0.3) is 0 Å². The summed E-state index contributed by atoms with van der Waals surface area (Å²) in [4.78, 5) is 18.6. The van der Waals surface area contributed by atoms with Crippen LogP contribution in [0.15, 0.2) is 48.8 Å². The number of nitrogens with one attached hydrogen (secondary N) is 2. The van der Waals surface area contributed by atoms with E-state index in [0.29, 0.717) is 6.54 Å². The number of amides is 2. The van der Waals surface area contributed by atoms with Crippen LogP contribution in [-0.4, -0.2) is 36.3 Å².